The largest absolute Gasteiger partial charge is 0.508 e. The molecule has 0 bridgehead atoms. The lowest BCUT2D eigenvalue weighted by molar-refractivity contribution is -0.114. The van der Waals surface area contributed by atoms with E-state index in [9.17, 15) is 9.90 Å². The Morgan fingerprint density at radius 2 is 2.04 bits per heavy atom. The summed E-state index contributed by atoms with van der Waals surface area (Å²) < 4.78 is 0. The number of anilines is 1. The molecule has 3 N–H and O–H groups in total. The average molecular weight is 489 g/mol. The van der Waals surface area contributed by atoms with Gasteiger partial charge in [0.1, 0.15) is 12.3 Å². The minimum Gasteiger partial charge on any atom is -0.508 e. The minimum absolute atomic E-state index is 0. The summed E-state index contributed by atoms with van der Waals surface area (Å²) in [6.45, 7) is 5.28. The van der Waals surface area contributed by atoms with Crippen LogP contribution in [0.3, 0.4) is 0 Å². The van der Waals surface area contributed by atoms with Gasteiger partial charge in [0.15, 0.2) is 5.96 Å². The van der Waals surface area contributed by atoms with E-state index in [1.54, 1.807) is 23.5 Å². The van der Waals surface area contributed by atoms with Gasteiger partial charge in [-0.15, -0.1) is 35.3 Å². The number of phenols is 1. The number of benzene rings is 1. The van der Waals surface area contributed by atoms with Crippen LogP contribution in [0.5, 0.6) is 5.75 Å². The second-order valence-electron chi connectivity index (χ2n) is 5.48. The maximum absolute atomic E-state index is 12.1. The number of carbonyl (C=O) groups excluding carboxylic acids is 1. The lowest BCUT2D eigenvalue weighted by Crippen LogP contribution is -2.39. The van der Waals surface area contributed by atoms with Crippen LogP contribution < -0.4 is 10.6 Å². The Balaban J connectivity index is 0.00000338. The second-order valence-corrected chi connectivity index (χ2v) is 6.54. The van der Waals surface area contributed by atoms with Crippen LogP contribution in [0.1, 0.15) is 17.6 Å². The van der Waals surface area contributed by atoms with E-state index in [1.165, 1.54) is 12.1 Å². The highest BCUT2D eigenvalue weighted by Crippen LogP contribution is 2.13. The summed E-state index contributed by atoms with van der Waals surface area (Å²) in [6, 6.07) is 6.32. The summed E-state index contributed by atoms with van der Waals surface area (Å²) in [7, 11) is 1.91. The van der Waals surface area contributed by atoms with Crippen molar-refractivity contribution in [3.63, 3.8) is 0 Å². The Morgan fingerprint density at radius 3 is 2.62 bits per heavy atom. The summed E-state index contributed by atoms with van der Waals surface area (Å²) in [5.74, 6) is 0.581. The molecule has 0 aliphatic carbocycles. The molecular weight excluding hydrogens is 465 g/mol. The number of nitrogens with zero attached hydrogens (tertiary/aromatic N) is 3. The Labute approximate surface area is 174 Å². The molecule has 1 heterocycles. The molecule has 9 heteroatoms. The number of aryl methyl sites for hydroxylation is 1. The highest BCUT2D eigenvalue weighted by molar-refractivity contribution is 14.0. The molecule has 142 valence electrons. The van der Waals surface area contributed by atoms with Crippen LogP contribution >= 0.6 is 35.3 Å². The van der Waals surface area contributed by atoms with E-state index >= 15 is 0 Å². The molecule has 0 aliphatic heterocycles. The van der Waals surface area contributed by atoms with Gasteiger partial charge in [0, 0.05) is 24.7 Å². The number of guanidine groups is 1. The Morgan fingerprint density at radius 1 is 1.35 bits per heavy atom. The van der Waals surface area contributed by atoms with Crippen molar-refractivity contribution in [2.45, 2.75) is 20.4 Å². The fourth-order valence-corrected chi connectivity index (χ4v) is 2.76. The fourth-order valence-electron chi connectivity index (χ4n) is 2.16. The van der Waals surface area contributed by atoms with E-state index in [2.05, 4.69) is 20.6 Å². The number of nitrogens with one attached hydrogen (secondary N) is 2. The molecular formula is C17H24IN5O2S. The summed E-state index contributed by atoms with van der Waals surface area (Å²) in [5, 5.41) is 18.2. The lowest BCUT2D eigenvalue weighted by atomic mass is 10.3. The van der Waals surface area contributed by atoms with Gasteiger partial charge >= 0.3 is 0 Å². The number of hydrogen-bond donors (Lipinski definition) is 3. The maximum Gasteiger partial charge on any atom is 0.246 e. The van der Waals surface area contributed by atoms with E-state index in [1.807, 2.05) is 31.2 Å². The molecule has 1 aromatic carbocycles. The molecule has 0 saturated heterocycles. The third-order valence-corrected chi connectivity index (χ3v) is 4.11. The number of aromatic nitrogens is 1. The highest BCUT2D eigenvalue weighted by Gasteiger charge is 2.10. The molecule has 0 unspecified atom stereocenters. The molecule has 1 amide bonds. The van der Waals surface area contributed by atoms with E-state index in [-0.39, 0.29) is 42.2 Å². The number of thiazole rings is 1. The maximum atomic E-state index is 12.1. The minimum atomic E-state index is -0.223. The van der Waals surface area contributed by atoms with Crippen molar-refractivity contribution in [2.75, 3.05) is 25.5 Å². The van der Waals surface area contributed by atoms with Gasteiger partial charge in [-0.05, 0) is 38.1 Å². The van der Waals surface area contributed by atoms with Crippen molar-refractivity contribution in [2.24, 2.45) is 4.99 Å². The third-order valence-electron chi connectivity index (χ3n) is 3.29. The van der Waals surface area contributed by atoms with E-state index < -0.39 is 0 Å². The van der Waals surface area contributed by atoms with Gasteiger partial charge in [0.05, 0.1) is 17.2 Å². The summed E-state index contributed by atoms with van der Waals surface area (Å²) in [5.41, 5.74) is 1.60. The van der Waals surface area contributed by atoms with Gasteiger partial charge in [0.2, 0.25) is 5.91 Å². The van der Waals surface area contributed by atoms with Crippen molar-refractivity contribution < 1.29 is 9.90 Å². The Kier molecular flexibility index (Phi) is 9.35. The standard InChI is InChI=1S/C17H23N5O2S.HI/c1-4-18-17(22(3)10-14-11-25-12(2)20-14)19-9-16(24)21-13-5-7-15(23)8-6-13;/h5-8,11,23H,4,9-10H2,1-3H3,(H,18,19)(H,21,24);1H. The molecule has 0 atom stereocenters. The SMILES string of the molecule is CCNC(=NCC(=O)Nc1ccc(O)cc1)N(C)Cc1csc(C)n1.I. The van der Waals surface area contributed by atoms with Crippen LogP contribution in [0.4, 0.5) is 5.69 Å². The third kappa shape index (κ3) is 7.16. The Bertz CT molecular complexity index is 733. The molecule has 2 rings (SSSR count). The van der Waals surface area contributed by atoms with Crippen molar-refractivity contribution in [3.8, 4) is 5.75 Å². The number of carbonyl (C=O) groups is 1. The zero-order valence-corrected chi connectivity index (χ0v) is 18.2. The fraction of sp³-hybridized carbons (Fsp3) is 0.353. The van der Waals surface area contributed by atoms with Crippen LogP contribution in [0.15, 0.2) is 34.6 Å². The predicted octanol–water partition coefficient (Wildman–Crippen LogP) is 2.81. The van der Waals surface area contributed by atoms with Crippen LogP contribution in [0.2, 0.25) is 0 Å². The lowest BCUT2D eigenvalue weighted by Gasteiger charge is -2.21. The quantitative estimate of drug-likeness (QED) is 0.251. The summed E-state index contributed by atoms with van der Waals surface area (Å²) in [6.07, 6.45) is 0. The van der Waals surface area contributed by atoms with E-state index in [4.69, 9.17) is 0 Å². The van der Waals surface area contributed by atoms with Crippen molar-refractivity contribution in [1.29, 1.82) is 0 Å². The van der Waals surface area contributed by atoms with Crippen molar-refractivity contribution in [1.82, 2.24) is 15.2 Å². The van der Waals surface area contributed by atoms with E-state index in [0.29, 0.717) is 24.7 Å². The van der Waals surface area contributed by atoms with Crippen LogP contribution in [-0.2, 0) is 11.3 Å². The van der Waals surface area contributed by atoms with Crippen LogP contribution in [-0.4, -0.2) is 47.0 Å². The first-order valence-electron chi connectivity index (χ1n) is 7.97. The number of amides is 1. The Hall–Kier alpha value is -1.88. The van der Waals surface area contributed by atoms with E-state index in [0.717, 1.165) is 10.7 Å². The highest BCUT2D eigenvalue weighted by atomic mass is 127. The van der Waals surface area contributed by atoms with Gasteiger partial charge in [0.25, 0.3) is 0 Å². The number of aliphatic imine (C=N–C) groups is 1. The normalized spacial score (nSPS) is 10.8. The average Bonchev–Trinajstić information content (AvgIpc) is 2.98. The molecule has 7 nitrogen and oxygen atoms in total. The number of rotatable bonds is 6. The topological polar surface area (TPSA) is 89.8 Å². The van der Waals surface area contributed by atoms with Gasteiger partial charge in [-0.3, -0.25) is 4.79 Å². The molecule has 0 saturated carbocycles. The molecule has 0 aliphatic rings. The number of aromatic hydroxyl groups is 1. The summed E-state index contributed by atoms with van der Waals surface area (Å²) >= 11 is 1.61. The zero-order valence-electron chi connectivity index (χ0n) is 15.0. The first-order valence-corrected chi connectivity index (χ1v) is 8.85. The molecule has 26 heavy (non-hydrogen) atoms. The van der Waals surface area contributed by atoms with Crippen LogP contribution in [0.25, 0.3) is 0 Å². The van der Waals surface area contributed by atoms with Crippen LogP contribution in [0, 0.1) is 6.92 Å². The molecule has 1 aromatic heterocycles. The van der Waals surface area contributed by atoms with Gasteiger partial charge < -0.3 is 20.6 Å². The smallest absolute Gasteiger partial charge is 0.246 e. The molecule has 2 aromatic rings. The molecule has 0 spiro atoms. The first-order chi connectivity index (χ1) is 12.0. The predicted molar refractivity (Wildman–Crippen MR) is 116 cm³/mol. The second kappa shape index (κ2) is 11.0. The first kappa shape index (κ1) is 22.2. The van der Waals surface area contributed by atoms with Gasteiger partial charge in [-0.1, -0.05) is 0 Å². The van der Waals surface area contributed by atoms with Crippen molar-refractivity contribution >= 4 is 52.9 Å². The molecule has 0 radical (unpaired) electrons. The van der Waals surface area contributed by atoms with Gasteiger partial charge in [-0.25, -0.2) is 9.98 Å². The summed E-state index contributed by atoms with van der Waals surface area (Å²) in [4.78, 5) is 22.8. The molecule has 0 fully saturated rings. The zero-order chi connectivity index (χ0) is 18.2. The number of hydrogen-bond acceptors (Lipinski definition) is 5. The van der Waals surface area contributed by atoms with Crippen molar-refractivity contribution in [3.05, 3.63) is 40.3 Å². The van der Waals surface area contributed by atoms with Gasteiger partial charge in [-0.2, -0.15) is 0 Å². The number of phenolic OH excluding ortho intramolecular Hbond substituents is 1. The monoisotopic (exact) mass is 489 g/mol. The number of halogens is 1.